The van der Waals surface area contributed by atoms with Gasteiger partial charge in [0.15, 0.2) is 0 Å². The number of para-hydroxylation sites is 2. The summed E-state index contributed by atoms with van der Waals surface area (Å²) in [4.78, 5) is 16.2. The standard InChI is InChI=1S/C15H20N2O2/c1-4-9-17-13-8-6-5-7-12(13)16-14(17)10-11(2)15(18)19-3/h5-8,11H,4,9-10H2,1-3H3. The van der Waals surface area contributed by atoms with Crippen LogP contribution in [0.2, 0.25) is 0 Å². The minimum atomic E-state index is -0.185. The molecular weight excluding hydrogens is 240 g/mol. The van der Waals surface area contributed by atoms with Crippen LogP contribution in [0.3, 0.4) is 0 Å². The molecule has 1 aromatic heterocycles. The highest BCUT2D eigenvalue weighted by Crippen LogP contribution is 2.19. The number of nitrogens with zero attached hydrogens (tertiary/aromatic N) is 2. The number of imidazole rings is 1. The van der Waals surface area contributed by atoms with Gasteiger partial charge < -0.3 is 9.30 Å². The number of hydrogen-bond donors (Lipinski definition) is 0. The van der Waals surface area contributed by atoms with Crippen molar-refractivity contribution in [3.8, 4) is 0 Å². The third-order valence-corrected chi connectivity index (χ3v) is 3.27. The third-order valence-electron chi connectivity index (χ3n) is 3.27. The van der Waals surface area contributed by atoms with Gasteiger partial charge in [-0.1, -0.05) is 26.0 Å². The van der Waals surface area contributed by atoms with Crippen LogP contribution in [0, 0.1) is 5.92 Å². The van der Waals surface area contributed by atoms with Gasteiger partial charge in [-0.2, -0.15) is 0 Å². The second-order valence-electron chi connectivity index (χ2n) is 4.80. The van der Waals surface area contributed by atoms with Gasteiger partial charge in [-0.25, -0.2) is 4.98 Å². The summed E-state index contributed by atoms with van der Waals surface area (Å²) in [5.41, 5.74) is 2.12. The number of hydrogen-bond acceptors (Lipinski definition) is 3. The molecule has 0 saturated carbocycles. The summed E-state index contributed by atoms with van der Waals surface area (Å²) in [5.74, 6) is 0.605. The van der Waals surface area contributed by atoms with Crippen LogP contribution in [0.25, 0.3) is 11.0 Å². The van der Waals surface area contributed by atoms with Gasteiger partial charge in [0.25, 0.3) is 0 Å². The van der Waals surface area contributed by atoms with Gasteiger partial charge >= 0.3 is 5.97 Å². The summed E-state index contributed by atoms with van der Waals surface area (Å²) in [6, 6.07) is 8.08. The lowest BCUT2D eigenvalue weighted by Crippen LogP contribution is -2.17. The summed E-state index contributed by atoms with van der Waals surface area (Å²) in [6.07, 6.45) is 1.65. The maximum absolute atomic E-state index is 11.5. The molecule has 1 aromatic carbocycles. The molecule has 0 aliphatic carbocycles. The summed E-state index contributed by atoms with van der Waals surface area (Å²) >= 11 is 0. The van der Waals surface area contributed by atoms with Crippen molar-refractivity contribution in [1.29, 1.82) is 0 Å². The summed E-state index contributed by atoms with van der Waals surface area (Å²) in [5, 5.41) is 0. The predicted molar refractivity (Wildman–Crippen MR) is 74.9 cm³/mol. The van der Waals surface area contributed by atoms with E-state index in [0.29, 0.717) is 6.42 Å². The number of methoxy groups -OCH3 is 1. The van der Waals surface area contributed by atoms with Gasteiger partial charge in [0.2, 0.25) is 0 Å². The second kappa shape index (κ2) is 5.87. The second-order valence-corrected chi connectivity index (χ2v) is 4.80. The highest BCUT2D eigenvalue weighted by Gasteiger charge is 2.18. The molecule has 0 fully saturated rings. The lowest BCUT2D eigenvalue weighted by atomic mass is 10.1. The molecule has 0 radical (unpaired) electrons. The van der Waals surface area contributed by atoms with Crippen LogP contribution in [0.1, 0.15) is 26.1 Å². The molecule has 0 bridgehead atoms. The smallest absolute Gasteiger partial charge is 0.308 e. The molecule has 0 N–H and O–H groups in total. The first-order valence-electron chi connectivity index (χ1n) is 6.69. The van der Waals surface area contributed by atoms with Gasteiger partial charge in [-0.3, -0.25) is 4.79 Å². The number of aromatic nitrogens is 2. The normalized spacial score (nSPS) is 12.6. The maximum atomic E-state index is 11.5. The molecule has 4 heteroatoms. The fraction of sp³-hybridized carbons (Fsp3) is 0.467. The van der Waals surface area contributed by atoms with Crippen molar-refractivity contribution >= 4 is 17.0 Å². The minimum absolute atomic E-state index is 0.169. The van der Waals surface area contributed by atoms with Crippen molar-refractivity contribution < 1.29 is 9.53 Å². The molecular formula is C15H20N2O2. The van der Waals surface area contributed by atoms with Crippen molar-refractivity contribution in [2.45, 2.75) is 33.2 Å². The number of benzene rings is 1. The molecule has 1 atom stereocenters. The first kappa shape index (κ1) is 13.6. The number of carbonyl (C=O) groups is 1. The Balaban J connectivity index is 2.36. The van der Waals surface area contributed by atoms with Crippen LogP contribution in [0.15, 0.2) is 24.3 Å². The molecule has 0 aliphatic rings. The lowest BCUT2D eigenvalue weighted by Gasteiger charge is -2.11. The van der Waals surface area contributed by atoms with Crippen molar-refractivity contribution in [2.24, 2.45) is 5.92 Å². The first-order chi connectivity index (χ1) is 9.17. The van der Waals surface area contributed by atoms with E-state index in [1.165, 1.54) is 7.11 Å². The Morgan fingerprint density at radius 1 is 1.42 bits per heavy atom. The Kier molecular flexibility index (Phi) is 4.20. The summed E-state index contributed by atoms with van der Waals surface area (Å²) in [6.45, 7) is 4.94. The van der Waals surface area contributed by atoms with Crippen molar-refractivity contribution in [2.75, 3.05) is 7.11 Å². The average Bonchev–Trinajstić information content (AvgIpc) is 2.76. The molecule has 1 unspecified atom stereocenters. The number of aryl methyl sites for hydroxylation is 1. The van der Waals surface area contributed by atoms with Crippen LogP contribution in [0.5, 0.6) is 0 Å². The fourth-order valence-electron chi connectivity index (χ4n) is 2.31. The van der Waals surface area contributed by atoms with Gasteiger partial charge in [0.05, 0.1) is 24.1 Å². The molecule has 2 rings (SSSR count). The molecule has 0 saturated heterocycles. The van der Waals surface area contributed by atoms with Crippen LogP contribution in [-0.4, -0.2) is 22.6 Å². The number of ether oxygens (including phenoxy) is 1. The molecule has 0 spiro atoms. The average molecular weight is 260 g/mol. The number of esters is 1. The van der Waals surface area contributed by atoms with E-state index in [9.17, 15) is 4.79 Å². The van der Waals surface area contributed by atoms with E-state index in [0.717, 1.165) is 29.8 Å². The fourth-order valence-corrected chi connectivity index (χ4v) is 2.31. The zero-order valence-corrected chi connectivity index (χ0v) is 11.7. The number of rotatable bonds is 5. The molecule has 0 aliphatic heterocycles. The molecule has 19 heavy (non-hydrogen) atoms. The van der Waals surface area contributed by atoms with E-state index in [-0.39, 0.29) is 11.9 Å². The van der Waals surface area contributed by atoms with Gasteiger partial charge in [0, 0.05) is 13.0 Å². The first-order valence-corrected chi connectivity index (χ1v) is 6.69. The van der Waals surface area contributed by atoms with E-state index in [4.69, 9.17) is 4.74 Å². The van der Waals surface area contributed by atoms with Gasteiger partial charge in [-0.15, -0.1) is 0 Å². The highest BCUT2D eigenvalue weighted by atomic mass is 16.5. The Labute approximate surface area is 113 Å². The molecule has 102 valence electrons. The third kappa shape index (κ3) is 2.78. The van der Waals surface area contributed by atoms with Gasteiger partial charge in [-0.05, 0) is 18.6 Å². The zero-order chi connectivity index (χ0) is 13.8. The molecule has 0 amide bonds. The largest absolute Gasteiger partial charge is 0.469 e. The molecule has 1 heterocycles. The maximum Gasteiger partial charge on any atom is 0.308 e. The van der Waals surface area contributed by atoms with Crippen LogP contribution in [-0.2, 0) is 22.5 Å². The molecule has 4 nitrogen and oxygen atoms in total. The summed E-state index contributed by atoms with van der Waals surface area (Å²) < 4.78 is 6.99. The Bertz CT molecular complexity index is 575. The Morgan fingerprint density at radius 3 is 2.84 bits per heavy atom. The van der Waals surface area contributed by atoms with E-state index < -0.39 is 0 Å². The van der Waals surface area contributed by atoms with E-state index >= 15 is 0 Å². The number of carbonyl (C=O) groups excluding carboxylic acids is 1. The monoisotopic (exact) mass is 260 g/mol. The van der Waals surface area contributed by atoms with Gasteiger partial charge in [0.1, 0.15) is 5.82 Å². The van der Waals surface area contributed by atoms with Crippen molar-refractivity contribution in [1.82, 2.24) is 9.55 Å². The van der Waals surface area contributed by atoms with Crippen molar-refractivity contribution in [3.05, 3.63) is 30.1 Å². The quantitative estimate of drug-likeness (QED) is 0.776. The highest BCUT2D eigenvalue weighted by molar-refractivity contribution is 5.76. The van der Waals surface area contributed by atoms with Crippen molar-refractivity contribution in [3.63, 3.8) is 0 Å². The molecule has 2 aromatic rings. The number of fused-ring (bicyclic) bond motifs is 1. The van der Waals surface area contributed by atoms with E-state index in [1.54, 1.807) is 0 Å². The van der Waals surface area contributed by atoms with E-state index in [2.05, 4.69) is 22.5 Å². The van der Waals surface area contributed by atoms with Crippen LogP contribution < -0.4 is 0 Å². The van der Waals surface area contributed by atoms with E-state index in [1.807, 2.05) is 25.1 Å². The minimum Gasteiger partial charge on any atom is -0.469 e. The lowest BCUT2D eigenvalue weighted by molar-refractivity contribution is -0.144. The summed E-state index contributed by atoms with van der Waals surface area (Å²) in [7, 11) is 1.42. The Morgan fingerprint density at radius 2 is 2.16 bits per heavy atom. The topological polar surface area (TPSA) is 44.1 Å². The zero-order valence-electron chi connectivity index (χ0n) is 11.7. The Hall–Kier alpha value is -1.84. The SMILES string of the molecule is CCCn1c(CC(C)C(=O)OC)nc2ccccc21. The predicted octanol–water partition coefficient (Wildman–Crippen LogP) is 2.80. The van der Waals surface area contributed by atoms with Crippen LogP contribution >= 0.6 is 0 Å². The van der Waals surface area contributed by atoms with Crippen LogP contribution in [0.4, 0.5) is 0 Å².